The van der Waals surface area contributed by atoms with E-state index in [2.05, 4.69) is 15.5 Å². The molecule has 0 radical (unpaired) electrons. The average molecular weight is 476 g/mol. The van der Waals surface area contributed by atoms with Gasteiger partial charge in [-0.25, -0.2) is 8.78 Å². The lowest BCUT2D eigenvalue weighted by Crippen LogP contribution is -2.29. The van der Waals surface area contributed by atoms with Crippen LogP contribution < -0.4 is 5.32 Å². The number of carbonyl (C=O) groups excluding carboxylic acids is 2. The molecule has 2 aromatic heterocycles. The number of para-hydroxylation sites is 1. The molecule has 0 saturated carbocycles. The summed E-state index contributed by atoms with van der Waals surface area (Å²) in [7, 11) is -4.11. The Kier molecular flexibility index (Phi) is 5.00. The third-order valence-electron chi connectivity index (χ3n) is 5.68. The Balaban J connectivity index is 1.28. The van der Waals surface area contributed by atoms with Crippen LogP contribution in [-0.2, 0) is 39.2 Å². The van der Waals surface area contributed by atoms with Crippen molar-refractivity contribution in [1.29, 1.82) is 0 Å². The highest BCUT2D eigenvalue weighted by Gasteiger charge is 2.36. The molecule has 2 aliphatic heterocycles. The highest BCUT2D eigenvalue weighted by atomic mass is 32.2. The second kappa shape index (κ2) is 7.76. The molecule has 0 fully saturated rings. The first-order valence-corrected chi connectivity index (χ1v) is 11.5. The first kappa shape index (κ1) is 21.2. The van der Waals surface area contributed by atoms with Gasteiger partial charge in [-0.15, -0.1) is 0 Å². The van der Waals surface area contributed by atoms with E-state index in [1.165, 1.54) is 11.1 Å². The minimum atomic E-state index is -4.11. The number of aromatic nitrogens is 4. The lowest BCUT2D eigenvalue weighted by molar-refractivity contribution is -0.134. The lowest BCUT2D eigenvalue weighted by atomic mass is 9.97. The van der Waals surface area contributed by atoms with Gasteiger partial charge in [-0.3, -0.25) is 14.3 Å². The number of hydrogen-bond donors (Lipinski definition) is 1. The van der Waals surface area contributed by atoms with Gasteiger partial charge in [0.05, 0.1) is 24.4 Å². The van der Waals surface area contributed by atoms with Crippen LogP contribution in [0.1, 0.15) is 29.2 Å². The number of nitrogens with one attached hydrogen (secondary N) is 1. The van der Waals surface area contributed by atoms with Gasteiger partial charge in [0, 0.05) is 36.6 Å². The average Bonchev–Trinajstić information content (AvgIpc) is 3.51. The van der Waals surface area contributed by atoms with Crippen LogP contribution >= 0.6 is 0 Å². The van der Waals surface area contributed by atoms with Crippen molar-refractivity contribution in [3.05, 3.63) is 59.7 Å². The minimum absolute atomic E-state index is 0.00522. The van der Waals surface area contributed by atoms with Crippen LogP contribution in [0, 0.1) is 0 Å². The summed E-state index contributed by atoms with van der Waals surface area (Å²) in [5, 5.41) is 10.5. The molecule has 1 aromatic carbocycles. The van der Waals surface area contributed by atoms with E-state index in [1.54, 1.807) is 12.1 Å². The lowest BCUT2D eigenvalue weighted by Gasteiger charge is -2.18. The fourth-order valence-electron chi connectivity index (χ4n) is 4.04. The van der Waals surface area contributed by atoms with E-state index in [0.29, 0.717) is 16.9 Å². The molecule has 172 valence electrons. The van der Waals surface area contributed by atoms with Gasteiger partial charge in [0.25, 0.3) is 16.4 Å². The Bertz CT molecular complexity index is 1340. The zero-order chi connectivity index (χ0) is 23.3. The van der Waals surface area contributed by atoms with Crippen LogP contribution in [0.25, 0.3) is 0 Å². The van der Waals surface area contributed by atoms with E-state index < -0.39 is 28.9 Å². The number of carbonyl (C=O) groups is 2. The van der Waals surface area contributed by atoms with Gasteiger partial charge in [-0.2, -0.15) is 22.7 Å². The van der Waals surface area contributed by atoms with E-state index in [1.807, 2.05) is 12.1 Å². The van der Waals surface area contributed by atoms with Gasteiger partial charge in [0.1, 0.15) is 11.4 Å². The molecule has 5 rings (SSSR count). The number of alkyl halides is 2. The van der Waals surface area contributed by atoms with Gasteiger partial charge in [0.2, 0.25) is 11.8 Å². The molecule has 1 atom stereocenters. The minimum Gasteiger partial charge on any atom is -0.332 e. The molecule has 33 heavy (non-hydrogen) atoms. The topological polar surface area (TPSA) is 119 Å². The van der Waals surface area contributed by atoms with Gasteiger partial charge in [-0.1, -0.05) is 18.2 Å². The molecule has 0 aliphatic carbocycles. The van der Waals surface area contributed by atoms with Crippen LogP contribution in [0.4, 0.5) is 14.5 Å². The fourth-order valence-corrected chi connectivity index (χ4v) is 5.16. The Labute approximate surface area is 186 Å². The fraction of sp³-hybridized carbons (Fsp3) is 0.300. The predicted octanol–water partition coefficient (Wildman–Crippen LogP) is 1.55. The number of halogens is 2. The maximum atomic E-state index is 12.8. The first-order chi connectivity index (χ1) is 15.7. The van der Waals surface area contributed by atoms with Crippen LogP contribution in [0.15, 0.2) is 47.8 Å². The second-order valence-corrected chi connectivity index (χ2v) is 9.65. The number of fused-ring (bicyclic) bond motifs is 2. The standard InChI is InChI=1S/C20H18F2N6O4S/c21-18(22)11-27-9-13(6-23-27)33(31,32)28-8-12-7-26(10-17(12)25-28)19(29)5-15-14-3-1-2-4-16(14)24-20(15)30/h1-4,6,8-9,15,18H,5,7,10-11H2,(H,24,30)/t15-/m1/s1. The Morgan fingerprint density at radius 1 is 1.21 bits per heavy atom. The molecule has 2 amide bonds. The number of anilines is 1. The monoisotopic (exact) mass is 476 g/mol. The molecule has 0 unspecified atom stereocenters. The largest absolute Gasteiger partial charge is 0.332 e. The van der Waals surface area contributed by atoms with E-state index >= 15 is 0 Å². The van der Waals surface area contributed by atoms with E-state index in [4.69, 9.17) is 0 Å². The van der Waals surface area contributed by atoms with Crippen LogP contribution in [0.2, 0.25) is 0 Å². The molecule has 13 heteroatoms. The third-order valence-corrected chi connectivity index (χ3v) is 7.16. The van der Waals surface area contributed by atoms with Crippen molar-refractivity contribution >= 4 is 27.5 Å². The summed E-state index contributed by atoms with van der Waals surface area (Å²) >= 11 is 0. The quantitative estimate of drug-likeness (QED) is 0.577. The molecule has 2 aliphatic rings. The number of hydrogen-bond acceptors (Lipinski definition) is 6. The molecule has 0 saturated heterocycles. The van der Waals surface area contributed by atoms with Crippen molar-refractivity contribution in [2.24, 2.45) is 0 Å². The summed E-state index contributed by atoms with van der Waals surface area (Å²) < 4.78 is 52.2. The van der Waals surface area contributed by atoms with Gasteiger partial charge in [-0.05, 0) is 11.6 Å². The zero-order valence-electron chi connectivity index (χ0n) is 17.1. The summed E-state index contributed by atoms with van der Waals surface area (Å²) in [5.41, 5.74) is 2.45. The Morgan fingerprint density at radius 2 is 2.00 bits per heavy atom. The molecular formula is C20H18F2N6O4S. The number of rotatable bonds is 6. The van der Waals surface area contributed by atoms with Crippen LogP contribution in [-0.4, -0.2) is 50.5 Å². The Morgan fingerprint density at radius 3 is 2.76 bits per heavy atom. The maximum absolute atomic E-state index is 12.8. The second-order valence-electron chi connectivity index (χ2n) is 7.85. The molecule has 0 bridgehead atoms. The maximum Gasteiger partial charge on any atom is 0.286 e. The third kappa shape index (κ3) is 3.77. The van der Waals surface area contributed by atoms with E-state index in [-0.39, 0.29) is 36.2 Å². The SMILES string of the molecule is O=C1Nc2ccccc2[C@H]1CC(=O)N1Cc2cn(S(=O)(=O)c3cnn(CC(F)F)c3)nc2C1. The first-order valence-electron chi connectivity index (χ1n) is 10.0. The molecule has 4 heterocycles. The van der Waals surface area contributed by atoms with E-state index in [9.17, 15) is 26.8 Å². The Hall–Kier alpha value is -3.61. The summed E-state index contributed by atoms with van der Waals surface area (Å²) in [4.78, 5) is 26.4. The van der Waals surface area contributed by atoms with Crippen molar-refractivity contribution in [2.45, 2.75) is 43.3 Å². The summed E-state index contributed by atoms with van der Waals surface area (Å²) in [6.45, 7) is -0.451. The van der Waals surface area contributed by atoms with Crippen molar-refractivity contribution in [2.75, 3.05) is 5.32 Å². The molecule has 1 N–H and O–H groups in total. The van der Waals surface area contributed by atoms with Gasteiger partial charge >= 0.3 is 0 Å². The van der Waals surface area contributed by atoms with Gasteiger partial charge in [0.15, 0.2) is 0 Å². The number of amides is 2. The van der Waals surface area contributed by atoms with E-state index in [0.717, 1.165) is 26.7 Å². The normalized spacial score (nSPS) is 17.4. The molecule has 0 spiro atoms. The van der Waals surface area contributed by atoms with Crippen LogP contribution in [0.3, 0.4) is 0 Å². The number of benzene rings is 1. The highest BCUT2D eigenvalue weighted by molar-refractivity contribution is 7.89. The van der Waals surface area contributed by atoms with Crippen molar-refractivity contribution < 1.29 is 26.8 Å². The highest BCUT2D eigenvalue weighted by Crippen LogP contribution is 2.35. The predicted molar refractivity (Wildman–Crippen MR) is 110 cm³/mol. The van der Waals surface area contributed by atoms with Crippen molar-refractivity contribution in [3.63, 3.8) is 0 Å². The zero-order valence-corrected chi connectivity index (χ0v) is 17.9. The smallest absolute Gasteiger partial charge is 0.286 e. The molecule has 10 nitrogen and oxygen atoms in total. The summed E-state index contributed by atoms with van der Waals surface area (Å²) in [6.07, 6.45) is 0.648. The van der Waals surface area contributed by atoms with Gasteiger partial charge < -0.3 is 10.2 Å². The van der Waals surface area contributed by atoms with Crippen molar-refractivity contribution in [3.8, 4) is 0 Å². The molecule has 3 aromatic rings. The summed E-state index contributed by atoms with van der Waals surface area (Å²) in [6, 6.07) is 7.20. The van der Waals surface area contributed by atoms with Crippen LogP contribution in [0.5, 0.6) is 0 Å². The number of nitrogens with zero attached hydrogens (tertiary/aromatic N) is 5. The summed E-state index contributed by atoms with van der Waals surface area (Å²) in [5.74, 6) is -1.05. The van der Waals surface area contributed by atoms with Crippen molar-refractivity contribution in [1.82, 2.24) is 23.9 Å². The molecular weight excluding hydrogens is 458 g/mol.